The zero-order chi connectivity index (χ0) is 28.4. The lowest BCUT2D eigenvalue weighted by Crippen LogP contribution is -2.75. The smallest absolute Gasteiger partial charge is 0.252 e. The first-order valence-electron chi connectivity index (χ1n) is 14.0. The topological polar surface area (TPSA) is 141 Å². The zero-order valence-electron chi connectivity index (χ0n) is 22.7. The Balaban J connectivity index is 1.31. The summed E-state index contributed by atoms with van der Waals surface area (Å²) in [7, 11) is 0. The van der Waals surface area contributed by atoms with Crippen molar-refractivity contribution in [2.24, 2.45) is 5.73 Å². The van der Waals surface area contributed by atoms with Crippen molar-refractivity contribution in [2.75, 3.05) is 37.7 Å². The molecular formula is C28H33ClN8O4. The summed E-state index contributed by atoms with van der Waals surface area (Å²) in [5.74, 6) is 1.02. The molecule has 1 saturated heterocycles. The second kappa shape index (κ2) is 11.5. The van der Waals surface area contributed by atoms with Crippen molar-refractivity contribution < 1.29 is 19.1 Å². The van der Waals surface area contributed by atoms with Gasteiger partial charge in [-0.1, -0.05) is 36.9 Å². The highest BCUT2D eigenvalue weighted by molar-refractivity contribution is 6.29. The van der Waals surface area contributed by atoms with Crippen LogP contribution in [0.5, 0.6) is 11.5 Å². The fourth-order valence-electron chi connectivity index (χ4n) is 6.06. The lowest BCUT2D eigenvalue weighted by Gasteiger charge is -2.51. The molecule has 1 aliphatic carbocycles. The third-order valence-corrected chi connectivity index (χ3v) is 8.30. The normalized spacial score (nSPS) is 21.4. The molecule has 0 spiro atoms. The van der Waals surface area contributed by atoms with E-state index in [9.17, 15) is 9.59 Å². The second-order valence-corrected chi connectivity index (χ2v) is 11.0. The quantitative estimate of drug-likeness (QED) is 0.317. The Morgan fingerprint density at radius 2 is 1.88 bits per heavy atom. The summed E-state index contributed by atoms with van der Waals surface area (Å²) in [6.45, 7) is 2.20. The molecule has 3 aliphatic rings. The van der Waals surface area contributed by atoms with Crippen LogP contribution in [-0.4, -0.2) is 80.7 Å². The first-order chi connectivity index (χ1) is 19.9. The van der Waals surface area contributed by atoms with Gasteiger partial charge in [-0.25, -0.2) is 9.97 Å². The van der Waals surface area contributed by atoms with Crippen molar-refractivity contribution >= 4 is 29.2 Å². The number of aromatic nitrogens is 4. The molecule has 1 atom stereocenters. The van der Waals surface area contributed by atoms with E-state index in [-0.39, 0.29) is 24.3 Å². The number of amides is 2. The van der Waals surface area contributed by atoms with Crippen LogP contribution in [0.4, 0.5) is 5.82 Å². The summed E-state index contributed by atoms with van der Waals surface area (Å²) >= 11 is 6.39. The molecule has 3 aromatic rings. The minimum Gasteiger partial charge on any atom is -0.486 e. The van der Waals surface area contributed by atoms with E-state index in [1.54, 1.807) is 29.4 Å². The molecule has 3 N–H and O–H groups in total. The Bertz CT molecular complexity index is 1410. The van der Waals surface area contributed by atoms with Gasteiger partial charge in [0.2, 0.25) is 11.9 Å². The first-order valence-corrected chi connectivity index (χ1v) is 14.3. The number of carbonyl (C=O) groups excluding carboxylic acids is 2. The van der Waals surface area contributed by atoms with Crippen molar-refractivity contribution in [1.82, 2.24) is 29.7 Å². The van der Waals surface area contributed by atoms with Gasteiger partial charge in [-0.05, 0) is 30.5 Å². The molecule has 1 saturated carbocycles. The number of primary amides is 1. The van der Waals surface area contributed by atoms with Gasteiger partial charge < -0.3 is 25.4 Å². The third-order valence-electron chi connectivity index (χ3n) is 8.11. The van der Waals surface area contributed by atoms with Crippen molar-refractivity contribution in [3.05, 3.63) is 53.7 Å². The average molecular weight is 581 g/mol. The number of hydrogen-bond acceptors (Lipinski definition) is 9. The molecule has 2 fully saturated rings. The number of nitrogens with zero attached hydrogens (tertiary/aromatic N) is 6. The van der Waals surface area contributed by atoms with Gasteiger partial charge in [0.1, 0.15) is 30.5 Å². The maximum Gasteiger partial charge on any atom is 0.252 e. The van der Waals surface area contributed by atoms with E-state index in [4.69, 9.17) is 26.8 Å². The van der Waals surface area contributed by atoms with E-state index in [1.165, 1.54) is 0 Å². The molecular weight excluding hydrogens is 548 g/mol. The molecule has 13 heteroatoms. The summed E-state index contributed by atoms with van der Waals surface area (Å²) in [6, 6.07) is 7.26. The standard InChI is InChI=1S/C28H33ClN8O4/c29-23-15-24(34-27(33-23)36-9-8-31-18-36)35-10-11-37(20-4-2-1-3-5-20)28(17-35,25(30)38)26(39)32-16-19-6-7-21-22(14-19)41-13-12-40-21/h6-9,14-15,18,20H,1-5,10-13,16-17H2,(H2,30,38)(H,32,39). The average Bonchev–Trinajstić information content (AvgIpc) is 3.55. The molecule has 0 radical (unpaired) electrons. The van der Waals surface area contributed by atoms with E-state index in [2.05, 4.69) is 20.3 Å². The first kappa shape index (κ1) is 27.3. The van der Waals surface area contributed by atoms with Gasteiger partial charge in [-0.2, -0.15) is 4.98 Å². The molecule has 4 heterocycles. The van der Waals surface area contributed by atoms with Crippen LogP contribution in [0.3, 0.4) is 0 Å². The van der Waals surface area contributed by atoms with E-state index in [0.29, 0.717) is 49.6 Å². The number of piperazine rings is 1. The van der Waals surface area contributed by atoms with Crippen LogP contribution in [0.2, 0.25) is 5.15 Å². The molecule has 216 valence electrons. The zero-order valence-corrected chi connectivity index (χ0v) is 23.4. The third kappa shape index (κ3) is 5.41. The lowest BCUT2D eigenvalue weighted by molar-refractivity contribution is -0.148. The maximum atomic E-state index is 14.2. The minimum absolute atomic E-state index is 0.0303. The summed E-state index contributed by atoms with van der Waals surface area (Å²) in [4.78, 5) is 44.6. The monoisotopic (exact) mass is 580 g/mol. The van der Waals surface area contributed by atoms with Crippen LogP contribution in [0.25, 0.3) is 5.95 Å². The fourth-order valence-corrected chi connectivity index (χ4v) is 6.23. The number of carbonyl (C=O) groups is 2. The fraction of sp³-hybridized carbons (Fsp3) is 0.464. The largest absolute Gasteiger partial charge is 0.486 e. The SMILES string of the molecule is NC(=O)C1(C(=O)NCc2ccc3c(c2)OCCO3)CN(c2cc(Cl)nc(-n3ccnc3)n2)CCN1C1CCCCC1. The van der Waals surface area contributed by atoms with Gasteiger partial charge in [-0.3, -0.25) is 19.1 Å². The maximum absolute atomic E-state index is 14.2. The highest BCUT2D eigenvalue weighted by Gasteiger charge is 2.55. The predicted octanol–water partition coefficient (Wildman–Crippen LogP) is 2.08. The summed E-state index contributed by atoms with van der Waals surface area (Å²) < 4.78 is 13.0. The second-order valence-electron chi connectivity index (χ2n) is 10.6. The predicted molar refractivity (Wildman–Crippen MR) is 151 cm³/mol. The number of fused-ring (bicyclic) bond motifs is 1. The van der Waals surface area contributed by atoms with Crippen molar-refractivity contribution in [3.63, 3.8) is 0 Å². The Hall–Kier alpha value is -3.90. The van der Waals surface area contributed by atoms with E-state index >= 15 is 0 Å². The number of halogens is 1. The Kier molecular flexibility index (Phi) is 7.67. The minimum atomic E-state index is -1.61. The summed E-state index contributed by atoms with van der Waals surface area (Å²) in [5.41, 5.74) is 5.38. The Morgan fingerprint density at radius 1 is 1.07 bits per heavy atom. The number of ether oxygens (including phenoxy) is 2. The summed E-state index contributed by atoms with van der Waals surface area (Å²) in [6.07, 6.45) is 9.99. The van der Waals surface area contributed by atoms with Gasteiger partial charge in [0.05, 0.1) is 6.54 Å². The van der Waals surface area contributed by atoms with Crippen molar-refractivity contribution in [2.45, 2.75) is 50.2 Å². The van der Waals surface area contributed by atoms with Crippen molar-refractivity contribution in [3.8, 4) is 17.4 Å². The van der Waals surface area contributed by atoms with Crippen LogP contribution in [0.1, 0.15) is 37.7 Å². The molecule has 12 nitrogen and oxygen atoms in total. The highest BCUT2D eigenvalue weighted by Crippen LogP contribution is 2.34. The lowest BCUT2D eigenvalue weighted by atomic mass is 9.85. The molecule has 2 amide bonds. The molecule has 1 unspecified atom stereocenters. The van der Waals surface area contributed by atoms with Gasteiger partial charge in [0.25, 0.3) is 5.91 Å². The van der Waals surface area contributed by atoms with E-state index in [1.807, 2.05) is 28.0 Å². The molecule has 6 rings (SSSR count). The Labute approximate surface area is 242 Å². The Morgan fingerprint density at radius 3 is 2.63 bits per heavy atom. The molecule has 0 bridgehead atoms. The number of rotatable bonds is 7. The van der Waals surface area contributed by atoms with Crippen LogP contribution in [0.15, 0.2) is 43.0 Å². The van der Waals surface area contributed by atoms with Gasteiger partial charge in [-0.15, -0.1) is 0 Å². The number of anilines is 1. The molecule has 2 aromatic heterocycles. The molecule has 41 heavy (non-hydrogen) atoms. The van der Waals surface area contributed by atoms with Gasteiger partial charge in [0.15, 0.2) is 17.0 Å². The number of hydrogen-bond donors (Lipinski definition) is 2. The number of nitrogens with two attached hydrogens (primary N) is 1. The van der Waals surface area contributed by atoms with Gasteiger partial charge >= 0.3 is 0 Å². The van der Waals surface area contributed by atoms with Crippen LogP contribution in [-0.2, 0) is 16.1 Å². The van der Waals surface area contributed by atoms with E-state index < -0.39 is 17.4 Å². The van der Waals surface area contributed by atoms with Crippen LogP contribution >= 0.6 is 11.6 Å². The molecule has 2 aliphatic heterocycles. The number of imidazole rings is 1. The van der Waals surface area contributed by atoms with Gasteiger partial charge in [0, 0.05) is 44.1 Å². The summed E-state index contributed by atoms with van der Waals surface area (Å²) in [5, 5.41) is 3.25. The van der Waals surface area contributed by atoms with Crippen molar-refractivity contribution in [1.29, 1.82) is 0 Å². The number of nitrogens with one attached hydrogen (secondary N) is 1. The highest BCUT2D eigenvalue weighted by atomic mass is 35.5. The van der Waals surface area contributed by atoms with E-state index in [0.717, 1.165) is 37.7 Å². The molecule has 1 aromatic carbocycles. The van der Waals surface area contributed by atoms with Crippen LogP contribution in [0, 0.1) is 0 Å². The van der Waals surface area contributed by atoms with Crippen LogP contribution < -0.4 is 25.4 Å². The number of benzene rings is 1.